The Bertz CT molecular complexity index is 484. The van der Waals surface area contributed by atoms with Gasteiger partial charge >= 0.3 is 0 Å². The average molecular weight is 353 g/mol. The van der Waals surface area contributed by atoms with Gasteiger partial charge in [-0.1, -0.05) is 40.9 Å². The van der Waals surface area contributed by atoms with Crippen LogP contribution in [0.3, 0.4) is 0 Å². The average Bonchev–Trinajstić information content (AvgIpc) is 2.41. The second kappa shape index (κ2) is 6.93. The Hall–Kier alpha value is -0.870. The fourth-order valence-corrected chi connectivity index (χ4v) is 3.33. The van der Waals surface area contributed by atoms with E-state index in [0.29, 0.717) is 12.3 Å². The van der Waals surface area contributed by atoms with Crippen LogP contribution >= 0.6 is 15.9 Å². The third-order valence-corrected chi connectivity index (χ3v) is 4.96. The zero-order chi connectivity index (χ0) is 15.5. The summed E-state index contributed by atoms with van der Waals surface area (Å²) >= 11 is 3.43. The monoisotopic (exact) mass is 352 g/mol. The first kappa shape index (κ1) is 16.5. The van der Waals surface area contributed by atoms with Crippen LogP contribution in [-0.4, -0.2) is 11.9 Å². The van der Waals surface area contributed by atoms with Crippen molar-refractivity contribution in [3.8, 4) is 0 Å². The molecular formula is C17H25BrN2O. The van der Waals surface area contributed by atoms with Crippen LogP contribution in [0.2, 0.25) is 0 Å². The fraction of sp³-hybridized carbons (Fsp3) is 0.588. The standard InChI is InChI=1S/C17H25BrN2O/c1-17(2,13-7-9-14(18)10-8-13)20-16(21)11-12-5-3-4-6-15(12)19/h7-10,12,15H,3-6,11,19H2,1-2H3,(H,20,21). The number of carbonyl (C=O) groups excluding carboxylic acids is 1. The minimum Gasteiger partial charge on any atom is -0.347 e. The van der Waals surface area contributed by atoms with E-state index in [-0.39, 0.29) is 17.5 Å². The van der Waals surface area contributed by atoms with Gasteiger partial charge in [-0.2, -0.15) is 0 Å². The van der Waals surface area contributed by atoms with Crippen LogP contribution < -0.4 is 11.1 Å². The van der Waals surface area contributed by atoms with Crippen LogP contribution in [0.4, 0.5) is 0 Å². The van der Waals surface area contributed by atoms with E-state index in [4.69, 9.17) is 5.73 Å². The lowest BCUT2D eigenvalue weighted by molar-refractivity contribution is -0.124. The molecule has 0 bridgehead atoms. The zero-order valence-electron chi connectivity index (χ0n) is 12.9. The SMILES string of the molecule is CC(C)(NC(=O)CC1CCCCC1N)c1ccc(Br)cc1. The number of rotatable bonds is 4. The summed E-state index contributed by atoms with van der Waals surface area (Å²) < 4.78 is 1.04. The van der Waals surface area contributed by atoms with Crippen LogP contribution in [0.15, 0.2) is 28.7 Å². The predicted molar refractivity (Wildman–Crippen MR) is 89.9 cm³/mol. The van der Waals surface area contributed by atoms with Crippen molar-refractivity contribution in [1.82, 2.24) is 5.32 Å². The normalized spacial score (nSPS) is 22.9. The highest BCUT2D eigenvalue weighted by Crippen LogP contribution is 2.27. The van der Waals surface area contributed by atoms with E-state index in [0.717, 1.165) is 22.9 Å². The first-order chi connectivity index (χ1) is 9.88. The van der Waals surface area contributed by atoms with Gasteiger partial charge in [-0.15, -0.1) is 0 Å². The lowest BCUT2D eigenvalue weighted by atomic mass is 9.82. The molecule has 1 fully saturated rings. The third kappa shape index (κ3) is 4.55. The van der Waals surface area contributed by atoms with Crippen LogP contribution in [0.1, 0.15) is 51.5 Å². The summed E-state index contributed by atoms with van der Waals surface area (Å²) in [6.45, 7) is 4.07. The fourth-order valence-electron chi connectivity index (χ4n) is 3.07. The quantitative estimate of drug-likeness (QED) is 0.867. The van der Waals surface area contributed by atoms with Crippen molar-refractivity contribution < 1.29 is 4.79 Å². The molecule has 1 aromatic rings. The largest absolute Gasteiger partial charge is 0.347 e. The Kier molecular flexibility index (Phi) is 5.44. The molecule has 0 saturated heterocycles. The van der Waals surface area contributed by atoms with E-state index < -0.39 is 0 Å². The van der Waals surface area contributed by atoms with Gasteiger partial charge in [0.25, 0.3) is 0 Å². The van der Waals surface area contributed by atoms with Gasteiger partial charge < -0.3 is 11.1 Å². The van der Waals surface area contributed by atoms with E-state index in [1.807, 2.05) is 38.1 Å². The highest BCUT2D eigenvalue weighted by molar-refractivity contribution is 9.10. The van der Waals surface area contributed by atoms with Crippen molar-refractivity contribution >= 4 is 21.8 Å². The minimum atomic E-state index is -0.365. The maximum atomic E-state index is 12.3. The topological polar surface area (TPSA) is 55.1 Å². The molecule has 3 N–H and O–H groups in total. The van der Waals surface area contributed by atoms with Crippen LogP contribution in [0.25, 0.3) is 0 Å². The van der Waals surface area contributed by atoms with Crippen molar-refractivity contribution in [1.29, 1.82) is 0 Å². The van der Waals surface area contributed by atoms with Gasteiger partial charge in [-0.05, 0) is 50.3 Å². The van der Waals surface area contributed by atoms with Crippen molar-refractivity contribution in [3.05, 3.63) is 34.3 Å². The summed E-state index contributed by atoms with van der Waals surface area (Å²) in [5.41, 5.74) is 6.87. The summed E-state index contributed by atoms with van der Waals surface area (Å²) in [7, 11) is 0. The highest BCUT2D eigenvalue weighted by Gasteiger charge is 2.27. The number of carbonyl (C=O) groups is 1. The molecule has 1 amide bonds. The van der Waals surface area contributed by atoms with E-state index in [1.165, 1.54) is 12.8 Å². The molecule has 0 spiro atoms. The molecule has 116 valence electrons. The first-order valence-corrected chi connectivity index (χ1v) is 8.50. The number of hydrogen-bond acceptors (Lipinski definition) is 2. The summed E-state index contributed by atoms with van der Waals surface area (Å²) in [5.74, 6) is 0.435. The molecule has 1 aliphatic rings. The van der Waals surface area contributed by atoms with Gasteiger partial charge in [0.1, 0.15) is 0 Å². The lowest BCUT2D eigenvalue weighted by Gasteiger charge is -2.31. The molecule has 2 atom stereocenters. The Labute approximate surface area is 135 Å². The van der Waals surface area contributed by atoms with Crippen molar-refractivity contribution in [2.45, 2.75) is 57.5 Å². The van der Waals surface area contributed by atoms with E-state index in [2.05, 4.69) is 21.2 Å². The second-order valence-electron chi connectivity index (χ2n) is 6.59. The minimum absolute atomic E-state index is 0.102. The molecule has 3 nitrogen and oxygen atoms in total. The Morgan fingerprint density at radius 2 is 1.90 bits per heavy atom. The molecule has 2 unspecified atom stereocenters. The number of nitrogens with one attached hydrogen (secondary N) is 1. The smallest absolute Gasteiger partial charge is 0.221 e. The summed E-state index contributed by atoms with van der Waals surface area (Å²) in [4.78, 5) is 12.3. The van der Waals surface area contributed by atoms with E-state index in [9.17, 15) is 4.79 Å². The first-order valence-electron chi connectivity index (χ1n) is 7.71. The molecule has 0 aliphatic heterocycles. The summed E-state index contributed by atoms with van der Waals surface area (Å²) in [6, 6.07) is 8.26. The molecule has 0 heterocycles. The number of halogens is 1. The number of hydrogen-bond donors (Lipinski definition) is 2. The Balaban J connectivity index is 1.95. The number of benzene rings is 1. The second-order valence-corrected chi connectivity index (χ2v) is 7.51. The summed E-state index contributed by atoms with van der Waals surface area (Å²) in [5, 5.41) is 3.15. The zero-order valence-corrected chi connectivity index (χ0v) is 14.4. The van der Waals surface area contributed by atoms with Gasteiger partial charge in [0.05, 0.1) is 5.54 Å². The molecule has 21 heavy (non-hydrogen) atoms. The molecule has 1 aromatic carbocycles. The van der Waals surface area contributed by atoms with Crippen molar-refractivity contribution in [2.75, 3.05) is 0 Å². The van der Waals surface area contributed by atoms with E-state index >= 15 is 0 Å². The Morgan fingerprint density at radius 1 is 1.29 bits per heavy atom. The maximum absolute atomic E-state index is 12.3. The molecule has 1 saturated carbocycles. The van der Waals surface area contributed by atoms with Crippen LogP contribution in [0.5, 0.6) is 0 Å². The van der Waals surface area contributed by atoms with Gasteiger partial charge in [-0.3, -0.25) is 4.79 Å². The molecule has 0 radical (unpaired) electrons. The van der Waals surface area contributed by atoms with Gasteiger partial charge in [0.2, 0.25) is 5.91 Å². The lowest BCUT2D eigenvalue weighted by Crippen LogP contribution is -2.43. The Morgan fingerprint density at radius 3 is 2.52 bits per heavy atom. The van der Waals surface area contributed by atoms with Gasteiger partial charge in [-0.25, -0.2) is 0 Å². The van der Waals surface area contributed by atoms with Crippen LogP contribution in [0, 0.1) is 5.92 Å². The van der Waals surface area contributed by atoms with Crippen LogP contribution in [-0.2, 0) is 10.3 Å². The van der Waals surface area contributed by atoms with E-state index in [1.54, 1.807) is 0 Å². The highest BCUT2D eigenvalue weighted by atomic mass is 79.9. The molecule has 0 aromatic heterocycles. The van der Waals surface area contributed by atoms with Gasteiger partial charge in [0.15, 0.2) is 0 Å². The third-order valence-electron chi connectivity index (χ3n) is 4.43. The number of nitrogens with two attached hydrogens (primary N) is 1. The summed E-state index contributed by atoms with van der Waals surface area (Å²) in [6.07, 6.45) is 5.06. The number of amides is 1. The predicted octanol–water partition coefficient (Wildman–Crippen LogP) is 3.71. The maximum Gasteiger partial charge on any atom is 0.221 e. The molecule has 1 aliphatic carbocycles. The van der Waals surface area contributed by atoms with Gasteiger partial charge in [0, 0.05) is 16.9 Å². The van der Waals surface area contributed by atoms with Crippen molar-refractivity contribution in [3.63, 3.8) is 0 Å². The molecular weight excluding hydrogens is 328 g/mol. The van der Waals surface area contributed by atoms with Crippen molar-refractivity contribution in [2.24, 2.45) is 11.7 Å². The molecule has 2 rings (SSSR count). The molecule has 4 heteroatoms.